The summed E-state index contributed by atoms with van der Waals surface area (Å²) in [5.74, 6) is 0.849. The Morgan fingerprint density at radius 2 is 1.86 bits per heavy atom. The van der Waals surface area contributed by atoms with Crippen molar-refractivity contribution in [3.63, 3.8) is 0 Å². The molecule has 2 aromatic carbocycles. The molecule has 0 unspecified atom stereocenters. The molecule has 0 fully saturated rings. The second kappa shape index (κ2) is 8.39. The predicted octanol–water partition coefficient (Wildman–Crippen LogP) is 5.30. The third-order valence-corrected chi connectivity index (χ3v) is 6.05. The third-order valence-electron chi connectivity index (χ3n) is 5.13. The second-order valence-electron chi connectivity index (χ2n) is 7.58. The Labute approximate surface area is 174 Å². The van der Waals surface area contributed by atoms with Crippen LogP contribution in [0.3, 0.4) is 0 Å². The maximum Gasteiger partial charge on any atom is 0.266 e. The van der Waals surface area contributed by atoms with E-state index in [1.54, 1.807) is 0 Å². The van der Waals surface area contributed by atoms with Crippen LogP contribution >= 0.6 is 11.3 Å². The molecule has 2 aromatic heterocycles. The van der Waals surface area contributed by atoms with Crippen LogP contribution in [0.1, 0.15) is 18.9 Å². The monoisotopic (exact) mass is 406 g/mol. The van der Waals surface area contributed by atoms with Gasteiger partial charge in [0.2, 0.25) is 0 Å². The molecule has 0 amide bonds. The zero-order chi connectivity index (χ0) is 20.4. The predicted molar refractivity (Wildman–Crippen MR) is 123 cm³/mol. The topological polar surface area (TPSA) is 45.3 Å². The number of benzene rings is 2. The van der Waals surface area contributed by atoms with Crippen LogP contribution in [0, 0.1) is 0 Å². The van der Waals surface area contributed by atoms with Crippen molar-refractivity contribution in [3.05, 3.63) is 63.8 Å². The highest BCUT2D eigenvalue weighted by molar-refractivity contribution is 7.17. The quantitative estimate of drug-likeness (QED) is 0.453. The Hall–Kier alpha value is -2.63. The molecule has 150 valence electrons. The molecule has 0 saturated heterocycles. The first-order chi connectivity index (χ1) is 14.1. The number of hydrogen-bond donors (Lipinski definition) is 1. The van der Waals surface area contributed by atoms with Gasteiger partial charge in [-0.2, -0.15) is 0 Å². The lowest BCUT2D eigenvalue weighted by Gasteiger charge is -2.17. The number of fused-ring (bicyclic) bond motifs is 3. The van der Waals surface area contributed by atoms with Gasteiger partial charge in [-0.3, -0.25) is 4.79 Å². The fraction of sp³-hybridized carbons (Fsp3) is 0.292. The Bertz CT molecular complexity index is 1190. The van der Waals surface area contributed by atoms with E-state index in [-0.39, 0.29) is 5.56 Å². The number of aromatic nitrogens is 1. The van der Waals surface area contributed by atoms with Gasteiger partial charge in [0.05, 0.1) is 0 Å². The van der Waals surface area contributed by atoms with Gasteiger partial charge in [0.1, 0.15) is 17.1 Å². The number of H-pyrrole nitrogens is 1. The van der Waals surface area contributed by atoms with Crippen LogP contribution in [0.4, 0.5) is 0 Å². The summed E-state index contributed by atoms with van der Waals surface area (Å²) in [7, 11) is 4.08. The molecule has 1 N–H and O–H groups in total. The van der Waals surface area contributed by atoms with Crippen LogP contribution in [-0.4, -0.2) is 37.1 Å². The van der Waals surface area contributed by atoms with E-state index < -0.39 is 0 Å². The normalized spacial score (nSPS) is 11.6. The summed E-state index contributed by atoms with van der Waals surface area (Å²) < 4.78 is 6.97. The second-order valence-corrected chi connectivity index (χ2v) is 8.49. The van der Waals surface area contributed by atoms with Crippen molar-refractivity contribution >= 4 is 32.3 Å². The molecule has 0 bridgehead atoms. The van der Waals surface area contributed by atoms with Crippen molar-refractivity contribution in [2.45, 2.75) is 19.8 Å². The molecular weight excluding hydrogens is 380 g/mol. The number of likely N-dealkylation sites (N-methyl/N-ethyl adjacent to an activating group) is 1. The fourth-order valence-corrected chi connectivity index (χ4v) is 4.50. The maximum atomic E-state index is 12.5. The summed E-state index contributed by atoms with van der Waals surface area (Å²) in [5.41, 5.74) is 4.29. The zero-order valence-electron chi connectivity index (χ0n) is 17.1. The van der Waals surface area contributed by atoms with E-state index in [0.717, 1.165) is 57.3 Å². The third kappa shape index (κ3) is 3.93. The minimum atomic E-state index is -0.0342. The summed E-state index contributed by atoms with van der Waals surface area (Å²) in [6.07, 6.45) is 2.20. The van der Waals surface area contributed by atoms with E-state index in [0.29, 0.717) is 6.61 Å². The summed E-state index contributed by atoms with van der Waals surface area (Å²) in [5, 5.41) is 4.01. The SMILES string of the molecule is CCCc1ccc(-c2c(OCCN(C)C)ccc3[nH]c(=O)c4sccc4c23)cc1. The summed E-state index contributed by atoms with van der Waals surface area (Å²) in [6, 6.07) is 14.7. The number of nitrogens with zero attached hydrogens (tertiary/aromatic N) is 1. The number of aromatic amines is 1. The zero-order valence-corrected chi connectivity index (χ0v) is 17.9. The number of thiophene rings is 1. The largest absolute Gasteiger partial charge is 0.492 e. The highest BCUT2D eigenvalue weighted by atomic mass is 32.1. The van der Waals surface area contributed by atoms with Crippen LogP contribution in [0.15, 0.2) is 52.6 Å². The molecule has 0 atom stereocenters. The van der Waals surface area contributed by atoms with Crippen molar-refractivity contribution in [2.24, 2.45) is 0 Å². The van der Waals surface area contributed by atoms with Gasteiger partial charge >= 0.3 is 0 Å². The van der Waals surface area contributed by atoms with Crippen LogP contribution in [0.2, 0.25) is 0 Å². The smallest absolute Gasteiger partial charge is 0.266 e. The van der Waals surface area contributed by atoms with E-state index in [1.807, 2.05) is 37.7 Å². The number of ether oxygens (including phenoxy) is 1. The van der Waals surface area contributed by atoms with E-state index in [2.05, 4.69) is 41.1 Å². The molecule has 0 saturated carbocycles. The Balaban J connectivity index is 1.93. The van der Waals surface area contributed by atoms with Gasteiger partial charge in [-0.25, -0.2) is 0 Å². The molecule has 5 heteroatoms. The van der Waals surface area contributed by atoms with Gasteiger partial charge in [0, 0.05) is 28.4 Å². The van der Waals surface area contributed by atoms with Crippen molar-refractivity contribution < 1.29 is 4.74 Å². The number of pyridine rings is 1. The molecule has 0 aliphatic heterocycles. The Morgan fingerprint density at radius 1 is 1.07 bits per heavy atom. The van der Waals surface area contributed by atoms with Crippen LogP contribution in [0.25, 0.3) is 32.1 Å². The lowest BCUT2D eigenvalue weighted by Crippen LogP contribution is -2.19. The van der Waals surface area contributed by atoms with E-state index in [9.17, 15) is 4.79 Å². The maximum absolute atomic E-state index is 12.5. The molecule has 0 aliphatic carbocycles. The highest BCUT2D eigenvalue weighted by Crippen LogP contribution is 2.40. The van der Waals surface area contributed by atoms with Gasteiger partial charge in [0.15, 0.2) is 0 Å². The average Bonchev–Trinajstić information content (AvgIpc) is 3.19. The first-order valence-electron chi connectivity index (χ1n) is 10.0. The number of nitrogens with one attached hydrogen (secondary N) is 1. The standard InChI is InChI=1S/C24H26N2O2S/c1-4-5-16-6-8-17(9-7-16)21-20(28-14-13-26(2)3)11-10-19-22(21)18-12-15-29-23(18)24(27)25-19/h6-12,15H,4-5,13-14H2,1-3H3,(H,25,27). The van der Waals surface area contributed by atoms with Gasteiger partial charge < -0.3 is 14.6 Å². The van der Waals surface area contributed by atoms with Crippen molar-refractivity contribution in [1.29, 1.82) is 0 Å². The minimum Gasteiger partial charge on any atom is -0.492 e. The number of hydrogen-bond acceptors (Lipinski definition) is 4. The van der Waals surface area contributed by atoms with E-state index in [4.69, 9.17) is 4.74 Å². The number of aryl methyl sites for hydroxylation is 1. The molecule has 4 nitrogen and oxygen atoms in total. The average molecular weight is 407 g/mol. The van der Waals surface area contributed by atoms with Crippen LogP contribution in [0.5, 0.6) is 5.75 Å². The summed E-state index contributed by atoms with van der Waals surface area (Å²) >= 11 is 1.48. The molecule has 4 aromatic rings. The molecule has 0 spiro atoms. The van der Waals surface area contributed by atoms with Crippen molar-refractivity contribution in [2.75, 3.05) is 27.2 Å². The molecule has 0 radical (unpaired) electrons. The van der Waals surface area contributed by atoms with E-state index in [1.165, 1.54) is 16.9 Å². The first kappa shape index (κ1) is 19.7. The molecule has 2 heterocycles. The summed E-state index contributed by atoms with van der Waals surface area (Å²) in [4.78, 5) is 17.6. The molecular formula is C24H26N2O2S. The van der Waals surface area contributed by atoms with Gasteiger partial charge in [-0.15, -0.1) is 11.3 Å². The van der Waals surface area contributed by atoms with Crippen molar-refractivity contribution in [3.8, 4) is 16.9 Å². The van der Waals surface area contributed by atoms with E-state index >= 15 is 0 Å². The Morgan fingerprint density at radius 3 is 2.59 bits per heavy atom. The summed E-state index contributed by atoms with van der Waals surface area (Å²) in [6.45, 7) is 3.64. The molecule has 4 rings (SSSR count). The van der Waals surface area contributed by atoms with Gasteiger partial charge in [-0.05, 0) is 55.2 Å². The fourth-order valence-electron chi connectivity index (χ4n) is 3.70. The number of rotatable bonds is 7. The first-order valence-corrected chi connectivity index (χ1v) is 10.9. The van der Waals surface area contributed by atoms with Crippen molar-refractivity contribution in [1.82, 2.24) is 9.88 Å². The molecule has 0 aliphatic rings. The van der Waals surface area contributed by atoms with Crippen LogP contribution < -0.4 is 10.3 Å². The minimum absolute atomic E-state index is 0.0342. The van der Waals surface area contributed by atoms with Gasteiger partial charge in [0.25, 0.3) is 5.56 Å². The highest BCUT2D eigenvalue weighted by Gasteiger charge is 2.16. The van der Waals surface area contributed by atoms with Crippen LogP contribution in [-0.2, 0) is 6.42 Å². The molecule has 29 heavy (non-hydrogen) atoms. The van der Waals surface area contributed by atoms with Gasteiger partial charge in [-0.1, -0.05) is 37.6 Å². The lowest BCUT2D eigenvalue weighted by atomic mass is 9.96. The Kier molecular flexibility index (Phi) is 5.69. The lowest BCUT2D eigenvalue weighted by molar-refractivity contribution is 0.262.